The number of amides is 2. The highest BCUT2D eigenvalue weighted by molar-refractivity contribution is 5.92. The van der Waals surface area contributed by atoms with E-state index in [1.165, 1.54) is 11.0 Å². The molecule has 0 radical (unpaired) electrons. The van der Waals surface area contributed by atoms with Crippen LogP contribution in [0.3, 0.4) is 0 Å². The number of carbonyl (C=O) groups excluding carboxylic acids is 2. The molecule has 1 aliphatic heterocycles. The number of aromatic nitrogens is 2. The molecule has 222 valence electrons. The number of benzene rings is 1. The summed E-state index contributed by atoms with van der Waals surface area (Å²) in [6.45, 7) is 3.84. The molecule has 0 saturated carbocycles. The van der Waals surface area contributed by atoms with Crippen LogP contribution in [0.15, 0.2) is 42.6 Å². The molecule has 1 atom stereocenters. The highest BCUT2D eigenvalue weighted by Gasteiger charge is 2.22. The Morgan fingerprint density at radius 1 is 1.21 bits per heavy atom. The smallest absolute Gasteiger partial charge is 0.246 e. The normalized spacial score (nSPS) is 14.2. The van der Waals surface area contributed by atoms with Crippen molar-refractivity contribution < 1.29 is 14.0 Å². The molecule has 1 aromatic carbocycles. The van der Waals surface area contributed by atoms with E-state index in [1.54, 1.807) is 50.5 Å². The standard InChI is InChI=1S/C31H39FN8O2/c1-23(39(4)28(41)10-8-18-38(2)3)30(42)34-17-7-5-6-9-25-22-35-31(36-27-13-11-24(21-33)12-14-27)37-29(25)40-19-15-26(32)16-20-40/h8,10-14,22-23,26H,5,7,15-20H2,1-4H3,(H,34,42)(H,35,36,37)/t23-/m0/s1. The molecule has 2 N–H and O–H groups in total. The fourth-order valence-electron chi connectivity index (χ4n) is 4.12. The molecule has 2 heterocycles. The molecular weight excluding hydrogens is 535 g/mol. The third kappa shape index (κ3) is 9.86. The Labute approximate surface area is 247 Å². The van der Waals surface area contributed by atoms with Gasteiger partial charge in [0.05, 0.1) is 23.4 Å². The summed E-state index contributed by atoms with van der Waals surface area (Å²) in [5, 5.41) is 15.0. The zero-order chi connectivity index (χ0) is 30.5. The zero-order valence-electron chi connectivity index (χ0n) is 24.7. The van der Waals surface area contributed by atoms with Crippen molar-refractivity contribution in [2.24, 2.45) is 0 Å². The highest BCUT2D eigenvalue weighted by atomic mass is 19.1. The summed E-state index contributed by atoms with van der Waals surface area (Å²) in [6.07, 6.45) is 6.12. The lowest BCUT2D eigenvalue weighted by molar-refractivity contribution is -0.135. The van der Waals surface area contributed by atoms with Crippen molar-refractivity contribution >= 4 is 29.3 Å². The summed E-state index contributed by atoms with van der Waals surface area (Å²) in [6, 6.07) is 8.47. The number of alkyl halides is 1. The third-order valence-corrected chi connectivity index (χ3v) is 6.80. The largest absolute Gasteiger partial charge is 0.355 e. The molecule has 0 spiro atoms. The number of carbonyl (C=O) groups is 2. The number of nitrogens with zero attached hydrogens (tertiary/aromatic N) is 6. The van der Waals surface area contributed by atoms with Crippen molar-refractivity contribution in [1.29, 1.82) is 5.26 Å². The van der Waals surface area contributed by atoms with E-state index in [4.69, 9.17) is 10.2 Å². The van der Waals surface area contributed by atoms with Crippen LogP contribution in [0.25, 0.3) is 0 Å². The van der Waals surface area contributed by atoms with Gasteiger partial charge in [-0.25, -0.2) is 9.37 Å². The van der Waals surface area contributed by atoms with Crippen LogP contribution in [0.5, 0.6) is 0 Å². The van der Waals surface area contributed by atoms with Gasteiger partial charge >= 0.3 is 0 Å². The van der Waals surface area contributed by atoms with E-state index in [0.717, 1.165) is 5.69 Å². The molecule has 0 unspecified atom stereocenters. The Hall–Kier alpha value is -4.48. The lowest BCUT2D eigenvalue weighted by Gasteiger charge is -2.30. The average molecular weight is 575 g/mol. The maximum absolute atomic E-state index is 13.8. The van der Waals surface area contributed by atoms with Crippen LogP contribution in [0, 0.1) is 23.2 Å². The van der Waals surface area contributed by atoms with Gasteiger partial charge in [0.25, 0.3) is 0 Å². The number of anilines is 3. The van der Waals surface area contributed by atoms with Crippen LogP contribution in [0.1, 0.15) is 43.7 Å². The summed E-state index contributed by atoms with van der Waals surface area (Å²) in [5.74, 6) is 6.87. The van der Waals surface area contributed by atoms with Crippen molar-refractivity contribution in [3.8, 4) is 17.9 Å². The molecule has 2 amide bonds. The van der Waals surface area contributed by atoms with E-state index in [1.807, 2.05) is 23.9 Å². The number of nitrogens with one attached hydrogen (secondary N) is 2. The lowest BCUT2D eigenvalue weighted by atomic mass is 10.1. The first-order valence-electron chi connectivity index (χ1n) is 14.1. The first-order valence-corrected chi connectivity index (χ1v) is 14.1. The molecule has 42 heavy (non-hydrogen) atoms. The quantitative estimate of drug-likeness (QED) is 0.239. The van der Waals surface area contributed by atoms with Gasteiger partial charge in [-0.15, -0.1) is 0 Å². The molecule has 2 aromatic rings. The monoisotopic (exact) mass is 574 g/mol. The van der Waals surface area contributed by atoms with Gasteiger partial charge in [0.15, 0.2) is 0 Å². The first kappa shape index (κ1) is 32.0. The minimum Gasteiger partial charge on any atom is -0.355 e. The minimum absolute atomic E-state index is 0.225. The van der Waals surface area contributed by atoms with E-state index < -0.39 is 12.2 Å². The molecule has 10 nitrogen and oxygen atoms in total. The van der Waals surface area contributed by atoms with E-state index in [-0.39, 0.29) is 11.8 Å². The Morgan fingerprint density at radius 3 is 2.60 bits per heavy atom. The van der Waals surface area contributed by atoms with Gasteiger partial charge in [0, 0.05) is 51.4 Å². The van der Waals surface area contributed by atoms with Gasteiger partial charge in [-0.3, -0.25) is 9.59 Å². The van der Waals surface area contributed by atoms with Crippen molar-refractivity contribution in [1.82, 2.24) is 25.1 Å². The number of rotatable bonds is 11. The molecule has 1 fully saturated rings. The number of nitriles is 1. The number of piperidine rings is 1. The molecular formula is C31H39FN8O2. The summed E-state index contributed by atoms with van der Waals surface area (Å²) >= 11 is 0. The zero-order valence-corrected chi connectivity index (χ0v) is 24.7. The molecule has 0 bridgehead atoms. The van der Waals surface area contributed by atoms with Crippen LogP contribution in [0.4, 0.5) is 21.8 Å². The SMILES string of the molecule is C[C@@H](C(=O)NCCCC#Cc1cnc(Nc2ccc(C#N)cc2)nc1N1CCC(F)CC1)N(C)C(=O)C=CCN(C)C. The van der Waals surface area contributed by atoms with Crippen LogP contribution in [0.2, 0.25) is 0 Å². The second-order valence-electron chi connectivity index (χ2n) is 10.4. The molecule has 1 aromatic heterocycles. The van der Waals surface area contributed by atoms with E-state index >= 15 is 0 Å². The number of hydrogen-bond donors (Lipinski definition) is 2. The molecule has 0 aliphatic carbocycles. The Morgan fingerprint density at radius 2 is 1.93 bits per heavy atom. The summed E-state index contributed by atoms with van der Waals surface area (Å²) in [7, 11) is 5.44. The number of hydrogen-bond acceptors (Lipinski definition) is 8. The number of unbranched alkanes of at least 4 members (excludes halogenated alkanes) is 1. The molecule has 3 rings (SSSR count). The maximum Gasteiger partial charge on any atom is 0.246 e. The molecule has 11 heteroatoms. The maximum atomic E-state index is 13.8. The van der Waals surface area contributed by atoms with E-state index in [0.29, 0.717) is 74.8 Å². The topological polar surface area (TPSA) is 117 Å². The lowest BCUT2D eigenvalue weighted by Crippen LogP contribution is -2.45. The van der Waals surface area contributed by atoms with Crippen molar-refractivity contribution in [3.05, 3.63) is 53.7 Å². The Balaban J connectivity index is 1.57. The van der Waals surface area contributed by atoms with E-state index in [9.17, 15) is 14.0 Å². The van der Waals surface area contributed by atoms with Crippen molar-refractivity contribution in [3.63, 3.8) is 0 Å². The summed E-state index contributed by atoms with van der Waals surface area (Å²) in [4.78, 5) is 39.3. The van der Waals surface area contributed by atoms with Gasteiger partial charge in [-0.2, -0.15) is 10.2 Å². The fraction of sp³-hybridized carbons (Fsp3) is 0.452. The third-order valence-electron chi connectivity index (χ3n) is 6.80. The minimum atomic E-state index is -0.816. The van der Waals surface area contributed by atoms with Crippen LogP contribution < -0.4 is 15.5 Å². The summed E-state index contributed by atoms with van der Waals surface area (Å²) in [5.41, 5.74) is 1.95. The Kier molecular flexibility index (Phi) is 12.3. The van der Waals surface area contributed by atoms with Gasteiger partial charge in [0.1, 0.15) is 18.0 Å². The summed E-state index contributed by atoms with van der Waals surface area (Å²) < 4.78 is 13.8. The Bertz CT molecular complexity index is 1340. The van der Waals surface area contributed by atoms with Gasteiger partial charge < -0.3 is 25.3 Å². The predicted octanol–water partition coefficient (Wildman–Crippen LogP) is 3.24. The average Bonchev–Trinajstić information content (AvgIpc) is 2.99. The van der Waals surface area contributed by atoms with Crippen molar-refractivity contribution in [2.45, 2.75) is 44.8 Å². The van der Waals surface area contributed by atoms with Crippen LogP contribution >= 0.6 is 0 Å². The second kappa shape index (κ2) is 16.1. The predicted molar refractivity (Wildman–Crippen MR) is 162 cm³/mol. The van der Waals surface area contributed by atoms with E-state index in [2.05, 4.69) is 33.5 Å². The number of likely N-dealkylation sites (N-methyl/N-ethyl adjacent to an activating group) is 2. The fourth-order valence-corrected chi connectivity index (χ4v) is 4.12. The van der Waals surface area contributed by atoms with Gasteiger partial charge in [0.2, 0.25) is 17.8 Å². The van der Waals surface area contributed by atoms with Crippen LogP contribution in [-0.2, 0) is 9.59 Å². The van der Waals surface area contributed by atoms with Crippen molar-refractivity contribution in [2.75, 3.05) is 57.5 Å². The first-order chi connectivity index (χ1) is 20.2. The van der Waals surface area contributed by atoms with Gasteiger partial charge in [-0.05, 0) is 64.5 Å². The highest BCUT2D eigenvalue weighted by Crippen LogP contribution is 2.25. The van der Waals surface area contributed by atoms with Gasteiger partial charge in [-0.1, -0.05) is 17.9 Å². The second-order valence-corrected chi connectivity index (χ2v) is 10.4. The number of halogens is 1. The molecule has 1 aliphatic rings. The van der Waals surface area contributed by atoms with Crippen LogP contribution in [-0.4, -0.2) is 91.1 Å². The molecule has 1 saturated heterocycles.